The van der Waals surface area contributed by atoms with E-state index in [4.69, 9.17) is 0 Å². The molecule has 1 aromatic heterocycles. The third-order valence-electron chi connectivity index (χ3n) is 2.63. The van der Waals surface area contributed by atoms with Crippen LogP contribution in [0.4, 0.5) is 0 Å². The first-order valence-electron chi connectivity index (χ1n) is 5.72. The highest BCUT2D eigenvalue weighted by molar-refractivity contribution is 7.99. The van der Waals surface area contributed by atoms with E-state index in [1.807, 2.05) is 18.8 Å². The van der Waals surface area contributed by atoms with Crippen LogP contribution in [0.5, 0.6) is 0 Å². The Morgan fingerprint density at radius 3 is 2.87 bits per heavy atom. The molecule has 0 aromatic carbocycles. The smallest absolute Gasteiger partial charge is 0.0329 e. The third kappa shape index (κ3) is 3.92. The Kier molecular flexibility index (Phi) is 5.88. The molecular weight excluding hydrogens is 204 g/mol. The van der Waals surface area contributed by atoms with Gasteiger partial charge in [-0.3, -0.25) is 0 Å². The molecule has 86 valence electrons. The maximum Gasteiger partial charge on any atom is 0.0329 e. The van der Waals surface area contributed by atoms with Gasteiger partial charge in [-0.1, -0.05) is 13.8 Å². The maximum absolute atomic E-state index is 3.33. The molecule has 15 heavy (non-hydrogen) atoms. The van der Waals surface area contributed by atoms with Gasteiger partial charge in [0.15, 0.2) is 0 Å². The van der Waals surface area contributed by atoms with Crippen molar-refractivity contribution in [1.29, 1.82) is 0 Å². The van der Waals surface area contributed by atoms with Gasteiger partial charge in [0.2, 0.25) is 0 Å². The van der Waals surface area contributed by atoms with Crippen molar-refractivity contribution >= 4 is 11.8 Å². The van der Waals surface area contributed by atoms with E-state index in [1.165, 1.54) is 17.1 Å². The molecular formula is C12H22N2S. The summed E-state index contributed by atoms with van der Waals surface area (Å²) in [6, 6.07) is 2.73. The highest BCUT2D eigenvalue weighted by atomic mass is 32.2. The molecule has 2 nitrogen and oxygen atoms in total. The normalized spacial score (nSPS) is 13.0. The molecule has 3 heteroatoms. The highest BCUT2D eigenvalue weighted by Crippen LogP contribution is 2.16. The number of thioether (sulfide) groups is 1. The van der Waals surface area contributed by atoms with E-state index in [-0.39, 0.29) is 0 Å². The zero-order chi connectivity index (χ0) is 11.1. The summed E-state index contributed by atoms with van der Waals surface area (Å²) in [6.07, 6.45) is 5.59. The first-order chi connectivity index (χ1) is 7.31. The van der Waals surface area contributed by atoms with Crippen LogP contribution in [-0.2, 0) is 6.54 Å². The zero-order valence-corrected chi connectivity index (χ0v) is 10.8. The van der Waals surface area contributed by atoms with Crippen LogP contribution < -0.4 is 5.32 Å². The molecule has 0 radical (unpaired) electrons. The second-order valence-corrected chi connectivity index (χ2v) is 5.02. The van der Waals surface area contributed by atoms with Crippen molar-refractivity contribution in [3.05, 3.63) is 24.0 Å². The fourth-order valence-corrected chi connectivity index (χ4v) is 2.35. The van der Waals surface area contributed by atoms with Gasteiger partial charge < -0.3 is 9.88 Å². The average molecular weight is 226 g/mol. The van der Waals surface area contributed by atoms with Crippen LogP contribution in [-0.4, -0.2) is 23.1 Å². The fourth-order valence-electron chi connectivity index (χ4n) is 1.73. The van der Waals surface area contributed by atoms with E-state index in [0.29, 0.717) is 6.04 Å². The topological polar surface area (TPSA) is 17.0 Å². The molecule has 0 aliphatic carbocycles. The summed E-state index contributed by atoms with van der Waals surface area (Å²) in [7, 11) is 2.03. The van der Waals surface area contributed by atoms with Crippen LogP contribution in [0.2, 0.25) is 0 Å². The number of hydrogen-bond donors (Lipinski definition) is 1. The predicted octanol–water partition coefficient (Wildman–Crippen LogP) is 2.91. The Balaban J connectivity index is 2.47. The van der Waals surface area contributed by atoms with Crippen molar-refractivity contribution in [1.82, 2.24) is 9.88 Å². The van der Waals surface area contributed by atoms with Crippen LogP contribution >= 0.6 is 11.8 Å². The molecule has 1 rings (SSSR count). The van der Waals surface area contributed by atoms with Gasteiger partial charge in [-0.25, -0.2) is 0 Å². The van der Waals surface area contributed by atoms with Crippen molar-refractivity contribution in [3.8, 4) is 0 Å². The Bertz CT molecular complexity index is 266. The van der Waals surface area contributed by atoms with Crippen molar-refractivity contribution < 1.29 is 0 Å². The van der Waals surface area contributed by atoms with Gasteiger partial charge in [0.1, 0.15) is 0 Å². The average Bonchev–Trinajstić information content (AvgIpc) is 2.69. The largest absolute Gasteiger partial charge is 0.353 e. The molecule has 0 saturated heterocycles. The lowest BCUT2D eigenvalue weighted by Crippen LogP contribution is -2.14. The number of nitrogens with zero attached hydrogens (tertiary/aromatic N) is 1. The van der Waals surface area contributed by atoms with Gasteiger partial charge in [-0.05, 0) is 30.9 Å². The van der Waals surface area contributed by atoms with E-state index >= 15 is 0 Å². The molecule has 0 fully saturated rings. The van der Waals surface area contributed by atoms with Crippen molar-refractivity contribution in [2.45, 2.75) is 32.9 Å². The molecule has 0 bridgehead atoms. The van der Waals surface area contributed by atoms with Gasteiger partial charge in [-0.2, -0.15) is 11.8 Å². The van der Waals surface area contributed by atoms with Crippen LogP contribution in [0, 0.1) is 0 Å². The molecule has 1 atom stereocenters. The molecule has 1 unspecified atom stereocenters. The highest BCUT2D eigenvalue weighted by Gasteiger charge is 2.07. The van der Waals surface area contributed by atoms with Crippen molar-refractivity contribution in [2.75, 3.05) is 18.6 Å². The summed E-state index contributed by atoms with van der Waals surface area (Å²) in [5, 5.41) is 3.33. The molecule has 0 aliphatic heterocycles. The zero-order valence-electron chi connectivity index (χ0n) is 9.99. The van der Waals surface area contributed by atoms with E-state index in [1.54, 1.807) is 0 Å². The SMILES string of the molecule is CCSCCn1ccc(C(CC)NC)c1. The fraction of sp³-hybridized carbons (Fsp3) is 0.667. The van der Waals surface area contributed by atoms with Crippen LogP contribution in [0.3, 0.4) is 0 Å². The van der Waals surface area contributed by atoms with Crippen LogP contribution in [0.25, 0.3) is 0 Å². The summed E-state index contributed by atoms with van der Waals surface area (Å²) in [6.45, 7) is 5.55. The van der Waals surface area contributed by atoms with Gasteiger partial charge in [-0.15, -0.1) is 0 Å². The third-order valence-corrected chi connectivity index (χ3v) is 3.51. The van der Waals surface area contributed by atoms with Gasteiger partial charge in [0, 0.05) is 30.7 Å². The summed E-state index contributed by atoms with van der Waals surface area (Å²) in [5.74, 6) is 2.42. The molecule has 0 amide bonds. The molecule has 1 N–H and O–H groups in total. The Morgan fingerprint density at radius 2 is 2.27 bits per heavy atom. The molecule has 0 aliphatic rings. The first-order valence-corrected chi connectivity index (χ1v) is 6.88. The van der Waals surface area contributed by atoms with Gasteiger partial charge >= 0.3 is 0 Å². The van der Waals surface area contributed by atoms with Crippen LogP contribution in [0.15, 0.2) is 18.5 Å². The Morgan fingerprint density at radius 1 is 1.47 bits per heavy atom. The number of rotatable bonds is 7. The quantitative estimate of drug-likeness (QED) is 0.720. The lowest BCUT2D eigenvalue weighted by atomic mass is 10.1. The summed E-state index contributed by atoms with van der Waals surface area (Å²) in [5.41, 5.74) is 1.40. The lowest BCUT2D eigenvalue weighted by molar-refractivity contribution is 0.575. The van der Waals surface area contributed by atoms with E-state index < -0.39 is 0 Å². The van der Waals surface area contributed by atoms with Crippen molar-refractivity contribution in [3.63, 3.8) is 0 Å². The number of nitrogens with one attached hydrogen (secondary N) is 1. The standard InChI is InChI=1S/C12H22N2S/c1-4-12(13-3)11-6-7-14(10-11)8-9-15-5-2/h6-7,10,12-13H,4-5,8-9H2,1-3H3. The first kappa shape index (κ1) is 12.7. The van der Waals surface area contributed by atoms with Crippen molar-refractivity contribution in [2.24, 2.45) is 0 Å². The minimum Gasteiger partial charge on any atom is -0.353 e. The number of hydrogen-bond acceptors (Lipinski definition) is 2. The predicted molar refractivity (Wildman–Crippen MR) is 69.5 cm³/mol. The molecule has 0 saturated carbocycles. The maximum atomic E-state index is 3.33. The second kappa shape index (κ2) is 6.96. The lowest BCUT2D eigenvalue weighted by Gasteiger charge is -2.11. The van der Waals surface area contributed by atoms with E-state index in [0.717, 1.165) is 13.0 Å². The van der Waals surface area contributed by atoms with E-state index in [9.17, 15) is 0 Å². The monoisotopic (exact) mass is 226 g/mol. The van der Waals surface area contributed by atoms with Gasteiger partial charge in [0.05, 0.1) is 0 Å². The van der Waals surface area contributed by atoms with Gasteiger partial charge in [0.25, 0.3) is 0 Å². The number of aryl methyl sites for hydroxylation is 1. The van der Waals surface area contributed by atoms with Crippen LogP contribution in [0.1, 0.15) is 31.9 Å². The minimum absolute atomic E-state index is 0.505. The second-order valence-electron chi connectivity index (χ2n) is 3.63. The summed E-state index contributed by atoms with van der Waals surface area (Å²) < 4.78 is 2.29. The number of aromatic nitrogens is 1. The Labute approximate surface area is 97.4 Å². The molecule has 0 spiro atoms. The summed E-state index contributed by atoms with van der Waals surface area (Å²) in [4.78, 5) is 0. The molecule has 1 aromatic rings. The molecule has 1 heterocycles. The Hall–Kier alpha value is -0.410. The van der Waals surface area contributed by atoms with E-state index in [2.05, 4.69) is 42.2 Å². The minimum atomic E-state index is 0.505. The summed E-state index contributed by atoms with van der Waals surface area (Å²) >= 11 is 2.00.